The highest BCUT2D eigenvalue weighted by atomic mass is 32.1. The van der Waals surface area contributed by atoms with Crippen molar-refractivity contribution in [3.8, 4) is 15.6 Å². The van der Waals surface area contributed by atoms with E-state index in [4.69, 9.17) is 4.74 Å². The van der Waals surface area contributed by atoms with Crippen LogP contribution in [0.4, 0.5) is 9.80 Å². The molecule has 0 N–H and O–H groups in total. The number of aromatic nitrogens is 1. The van der Waals surface area contributed by atoms with Crippen LogP contribution < -0.4 is 9.64 Å². The van der Waals surface area contributed by atoms with Crippen LogP contribution in [-0.2, 0) is 9.53 Å². The van der Waals surface area contributed by atoms with Crippen molar-refractivity contribution in [2.75, 3.05) is 12.0 Å². The molecule has 1 aliphatic rings. The van der Waals surface area contributed by atoms with E-state index in [1.165, 1.54) is 29.8 Å². The van der Waals surface area contributed by atoms with E-state index >= 15 is 0 Å². The fourth-order valence-corrected chi connectivity index (χ4v) is 5.41. The van der Waals surface area contributed by atoms with Crippen molar-refractivity contribution in [3.05, 3.63) is 17.6 Å². The summed E-state index contributed by atoms with van der Waals surface area (Å²) >= 11 is 2.92. The zero-order valence-corrected chi connectivity index (χ0v) is 18.3. The molecule has 0 unspecified atom stereocenters. The highest BCUT2D eigenvalue weighted by molar-refractivity contribution is 7.23. The van der Waals surface area contributed by atoms with Crippen molar-refractivity contribution in [2.45, 2.75) is 52.5 Å². The Morgan fingerprint density at radius 2 is 1.96 bits per heavy atom. The van der Waals surface area contributed by atoms with E-state index in [1.54, 1.807) is 17.2 Å². The van der Waals surface area contributed by atoms with E-state index in [-0.39, 0.29) is 17.9 Å². The number of methoxy groups -OCH3 is 1. The van der Waals surface area contributed by atoms with Gasteiger partial charge in [-0.15, -0.1) is 22.7 Å². The van der Waals surface area contributed by atoms with Gasteiger partial charge in [-0.3, -0.25) is 9.69 Å². The van der Waals surface area contributed by atoms with Gasteiger partial charge in [-0.25, -0.2) is 9.78 Å². The molecule has 0 bridgehead atoms. The Kier molecular flexibility index (Phi) is 6.72. The topological polar surface area (TPSA) is 68.7 Å². The van der Waals surface area contributed by atoms with Gasteiger partial charge in [0.1, 0.15) is 10.0 Å². The first kappa shape index (κ1) is 20.8. The average Bonchev–Trinajstić information content (AvgIpc) is 3.32. The predicted octanol–water partition coefficient (Wildman–Crippen LogP) is 5.58. The molecule has 1 saturated carbocycles. The summed E-state index contributed by atoms with van der Waals surface area (Å²) in [6.07, 6.45) is 4.88. The third-order valence-electron chi connectivity index (χ3n) is 5.02. The second kappa shape index (κ2) is 9.05. The van der Waals surface area contributed by atoms with Gasteiger partial charge in [0.15, 0.2) is 5.75 Å². The molecule has 8 heteroatoms. The van der Waals surface area contributed by atoms with E-state index < -0.39 is 6.16 Å². The number of hydrogen-bond acceptors (Lipinski definition) is 7. The molecule has 0 aromatic carbocycles. The van der Waals surface area contributed by atoms with Gasteiger partial charge in [0, 0.05) is 29.6 Å². The highest BCUT2D eigenvalue weighted by Gasteiger charge is 2.33. The Morgan fingerprint density at radius 3 is 2.54 bits per heavy atom. The van der Waals surface area contributed by atoms with Crippen LogP contribution >= 0.6 is 22.7 Å². The quantitative estimate of drug-likeness (QED) is 0.588. The van der Waals surface area contributed by atoms with Gasteiger partial charge < -0.3 is 9.47 Å². The molecule has 152 valence electrons. The van der Waals surface area contributed by atoms with Gasteiger partial charge in [0.05, 0.1) is 12.0 Å². The summed E-state index contributed by atoms with van der Waals surface area (Å²) in [5, 5.41) is 3.35. The van der Waals surface area contributed by atoms with Crippen molar-refractivity contribution < 1.29 is 19.1 Å². The third kappa shape index (κ3) is 4.55. The van der Waals surface area contributed by atoms with E-state index in [1.807, 2.05) is 19.2 Å². The molecule has 1 aliphatic carbocycles. The van der Waals surface area contributed by atoms with Gasteiger partial charge in [-0.1, -0.05) is 6.92 Å². The molecule has 2 aromatic heterocycles. The number of hydrogen-bond donors (Lipinski definition) is 0. The summed E-state index contributed by atoms with van der Waals surface area (Å²) in [4.78, 5) is 32.2. The minimum atomic E-state index is -0.799. The van der Waals surface area contributed by atoms with E-state index in [2.05, 4.69) is 16.6 Å². The number of rotatable bonds is 5. The Balaban J connectivity index is 1.96. The number of thiazole rings is 1. The zero-order chi connectivity index (χ0) is 20.3. The third-order valence-corrected chi connectivity index (χ3v) is 7.08. The number of nitrogens with zero attached hydrogens (tertiary/aromatic N) is 2. The van der Waals surface area contributed by atoms with Gasteiger partial charge in [-0.2, -0.15) is 0 Å². The normalized spacial score (nSPS) is 19.5. The second-order valence-electron chi connectivity index (χ2n) is 7.43. The SMILES string of the molecule is COC(=O)Oc1cc(-c2nccs2)sc1N(C(=O)[C@H]1CC[C@H](C)CC1)C(C)C. The zero-order valence-electron chi connectivity index (χ0n) is 16.6. The molecular weight excluding hydrogens is 396 g/mol. The largest absolute Gasteiger partial charge is 0.513 e. The van der Waals surface area contributed by atoms with Gasteiger partial charge >= 0.3 is 6.16 Å². The summed E-state index contributed by atoms with van der Waals surface area (Å²) in [7, 11) is 1.27. The van der Waals surface area contributed by atoms with E-state index in [0.29, 0.717) is 16.7 Å². The fourth-order valence-electron chi connectivity index (χ4n) is 3.48. The summed E-state index contributed by atoms with van der Waals surface area (Å²) in [6.45, 7) is 6.20. The summed E-state index contributed by atoms with van der Waals surface area (Å²) in [5.74, 6) is 1.13. The van der Waals surface area contributed by atoms with Crippen LogP contribution in [0.2, 0.25) is 0 Å². The van der Waals surface area contributed by atoms with Crippen molar-refractivity contribution >= 4 is 39.7 Å². The molecule has 2 heterocycles. The van der Waals surface area contributed by atoms with Crippen LogP contribution in [0.3, 0.4) is 0 Å². The monoisotopic (exact) mass is 422 g/mol. The Bertz CT molecular complexity index is 808. The Hall–Kier alpha value is -1.93. The second-order valence-corrected chi connectivity index (χ2v) is 9.36. The first-order valence-electron chi connectivity index (χ1n) is 9.53. The van der Waals surface area contributed by atoms with Crippen molar-refractivity contribution in [1.82, 2.24) is 4.98 Å². The maximum Gasteiger partial charge on any atom is 0.513 e. The van der Waals surface area contributed by atoms with Gasteiger partial charge in [0.25, 0.3) is 0 Å². The Labute approximate surface area is 173 Å². The lowest BCUT2D eigenvalue weighted by molar-refractivity contribution is -0.123. The fraction of sp³-hybridized carbons (Fsp3) is 0.550. The molecule has 3 rings (SSSR count). The number of anilines is 1. The standard InChI is InChI=1S/C20H26N2O4S2/c1-12(2)22(18(23)14-7-5-13(3)6-8-14)19-15(26-20(24)25-4)11-16(28-19)17-21-9-10-27-17/h9-14H,5-8H2,1-4H3/t13-,14-. The average molecular weight is 423 g/mol. The van der Waals surface area contributed by atoms with Crippen LogP contribution in [0, 0.1) is 11.8 Å². The first-order chi connectivity index (χ1) is 13.4. The molecule has 0 radical (unpaired) electrons. The number of thiophene rings is 1. The van der Waals surface area contributed by atoms with Crippen molar-refractivity contribution in [3.63, 3.8) is 0 Å². The maximum atomic E-state index is 13.4. The van der Waals surface area contributed by atoms with E-state index in [0.717, 1.165) is 35.6 Å². The maximum absolute atomic E-state index is 13.4. The van der Waals surface area contributed by atoms with Crippen LogP contribution in [-0.4, -0.2) is 30.2 Å². The minimum Gasteiger partial charge on any atom is -0.437 e. The lowest BCUT2D eigenvalue weighted by Gasteiger charge is -2.33. The molecule has 0 saturated heterocycles. The summed E-state index contributed by atoms with van der Waals surface area (Å²) in [5.41, 5.74) is 0. The molecule has 0 aliphatic heterocycles. The van der Waals surface area contributed by atoms with Gasteiger partial charge in [0.2, 0.25) is 5.91 Å². The van der Waals surface area contributed by atoms with Crippen LogP contribution in [0.5, 0.6) is 5.75 Å². The predicted molar refractivity (Wildman–Crippen MR) is 112 cm³/mol. The van der Waals surface area contributed by atoms with E-state index in [9.17, 15) is 9.59 Å². The van der Waals surface area contributed by atoms with Crippen LogP contribution in [0.1, 0.15) is 46.5 Å². The van der Waals surface area contributed by atoms with Crippen molar-refractivity contribution in [2.24, 2.45) is 11.8 Å². The molecule has 6 nitrogen and oxygen atoms in total. The molecule has 28 heavy (non-hydrogen) atoms. The highest BCUT2D eigenvalue weighted by Crippen LogP contribution is 2.45. The molecule has 1 amide bonds. The molecule has 0 spiro atoms. The summed E-state index contributed by atoms with van der Waals surface area (Å²) in [6, 6.07) is 1.70. The molecular formula is C20H26N2O4S2. The van der Waals surface area contributed by atoms with Crippen LogP contribution in [0.25, 0.3) is 9.88 Å². The molecule has 0 atom stereocenters. The summed E-state index contributed by atoms with van der Waals surface area (Å²) < 4.78 is 10.1. The number of amides is 1. The van der Waals surface area contributed by atoms with Crippen molar-refractivity contribution in [1.29, 1.82) is 0 Å². The number of carbonyl (C=O) groups excluding carboxylic acids is 2. The van der Waals surface area contributed by atoms with Crippen LogP contribution in [0.15, 0.2) is 17.6 Å². The molecule has 2 aromatic rings. The number of carbonyl (C=O) groups is 2. The lowest BCUT2D eigenvalue weighted by Crippen LogP contribution is -2.42. The molecule has 1 fully saturated rings. The smallest absolute Gasteiger partial charge is 0.437 e. The lowest BCUT2D eigenvalue weighted by atomic mass is 9.82. The first-order valence-corrected chi connectivity index (χ1v) is 11.2. The number of ether oxygens (including phenoxy) is 2. The minimum absolute atomic E-state index is 0.00925. The Morgan fingerprint density at radius 1 is 1.25 bits per heavy atom. The van der Waals surface area contributed by atoms with Gasteiger partial charge in [-0.05, 0) is 45.4 Å².